The lowest BCUT2D eigenvalue weighted by Gasteiger charge is -2.03. The van der Waals surface area contributed by atoms with Gasteiger partial charge in [-0.15, -0.1) is 10.2 Å². The number of rotatable bonds is 2. The molecule has 0 unspecified atom stereocenters. The zero-order valence-corrected chi connectivity index (χ0v) is 10.5. The molecule has 0 aromatic carbocycles. The second-order valence-electron chi connectivity index (χ2n) is 3.77. The number of aromatic nitrogens is 4. The van der Waals surface area contributed by atoms with Gasteiger partial charge in [-0.25, -0.2) is 13.6 Å². The Labute approximate surface area is 103 Å². The fourth-order valence-corrected chi connectivity index (χ4v) is 2.12. The summed E-state index contributed by atoms with van der Waals surface area (Å²) < 4.78 is 25.0. The van der Waals surface area contributed by atoms with Crippen LogP contribution in [0.5, 0.6) is 0 Å². The summed E-state index contributed by atoms with van der Waals surface area (Å²) in [4.78, 5) is 11.5. The molecular formula is C9H11N5O3S. The van der Waals surface area contributed by atoms with Gasteiger partial charge in [0.25, 0.3) is 20.7 Å². The molecule has 0 radical (unpaired) electrons. The van der Waals surface area contributed by atoms with Crippen LogP contribution in [0.15, 0.2) is 28.3 Å². The highest BCUT2D eigenvalue weighted by Gasteiger charge is 2.19. The van der Waals surface area contributed by atoms with E-state index in [1.165, 1.54) is 22.2 Å². The summed E-state index contributed by atoms with van der Waals surface area (Å²) in [7, 11) is -0.858. The number of hydrogen-bond donors (Lipinski definition) is 1. The number of hydrogen-bond acceptors (Lipinski definition) is 5. The van der Waals surface area contributed by atoms with Crippen molar-refractivity contribution in [1.29, 1.82) is 0 Å². The number of primary sulfonamides is 1. The molecule has 0 aliphatic heterocycles. The normalized spacial score (nSPS) is 11.7. The van der Waals surface area contributed by atoms with E-state index in [-0.39, 0.29) is 16.5 Å². The van der Waals surface area contributed by atoms with Crippen LogP contribution < -0.4 is 10.7 Å². The van der Waals surface area contributed by atoms with Gasteiger partial charge in [0.15, 0.2) is 5.82 Å². The van der Waals surface area contributed by atoms with E-state index in [4.69, 9.17) is 5.14 Å². The Kier molecular flexibility index (Phi) is 2.79. The van der Waals surface area contributed by atoms with Crippen molar-refractivity contribution in [3.63, 3.8) is 0 Å². The summed E-state index contributed by atoms with van der Waals surface area (Å²) in [5.74, 6) is 0.261. The number of nitrogens with zero attached hydrogens (tertiary/aromatic N) is 4. The van der Waals surface area contributed by atoms with E-state index < -0.39 is 10.0 Å². The molecule has 2 N–H and O–H groups in total. The van der Waals surface area contributed by atoms with Crippen molar-refractivity contribution in [3.05, 3.63) is 28.7 Å². The fourth-order valence-electron chi connectivity index (χ4n) is 1.50. The maximum Gasteiger partial charge on any atom is 0.273 e. The van der Waals surface area contributed by atoms with E-state index >= 15 is 0 Å². The average Bonchev–Trinajstić information content (AvgIpc) is 2.64. The van der Waals surface area contributed by atoms with Gasteiger partial charge in [0.2, 0.25) is 0 Å². The molecule has 0 atom stereocenters. The maximum absolute atomic E-state index is 11.5. The third-order valence-electron chi connectivity index (χ3n) is 2.45. The summed E-state index contributed by atoms with van der Waals surface area (Å²) in [6, 6.07) is 2.98. The smallest absolute Gasteiger partial charge is 0.273 e. The molecule has 2 heterocycles. The van der Waals surface area contributed by atoms with Crippen molar-refractivity contribution in [2.24, 2.45) is 19.2 Å². The minimum atomic E-state index is -3.93. The van der Waals surface area contributed by atoms with Gasteiger partial charge < -0.3 is 4.57 Å². The largest absolute Gasteiger partial charge is 0.319 e. The summed E-state index contributed by atoms with van der Waals surface area (Å²) in [6.45, 7) is 0. The Bertz CT molecular complexity index is 759. The second kappa shape index (κ2) is 4.03. The van der Waals surface area contributed by atoms with Crippen LogP contribution in [0, 0.1) is 0 Å². The van der Waals surface area contributed by atoms with Crippen LogP contribution in [0.25, 0.3) is 11.4 Å². The van der Waals surface area contributed by atoms with Crippen molar-refractivity contribution >= 4 is 10.0 Å². The molecule has 2 aromatic rings. The van der Waals surface area contributed by atoms with Crippen LogP contribution in [0.1, 0.15) is 0 Å². The van der Waals surface area contributed by atoms with E-state index in [9.17, 15) is 13.2 Å². The monoisotopic (exact) mass is 269 g/mol. The fraction of sp³-hybridized carbons (Fsp3) is 0.222. The number of aryl methyl sites for hydroxylation is 1. The van der Waals surface area contributed by atoms with Crippen LogP contribution >= 0.6 is 0 Å². The van der Waals surface area contributed by atoms with Gasteiger partial charge >= 0.3 is 0 Å². The van der Waals surface area contributed by atoms with Crippen molar-refractivity contribution in [2.45, 2.75) is 5.16 Å². The Morgan fingerprint density at radius 3 is 2.44 bits per heavy atom. The SMILES string of the molecule is Cn1c(-c2ccn(C)c(=O)c2)nnc1S(N)(=O)=O. The Hall–Kier alpha value is -2.00. The van der Waals surface area contributed by atoms with Gasteiger partial charge in [-0.2, -0.15) is 0 Å². The van der Waals surface area contributed by atoms with Crippen LogP contribution in [0.3, 0.4) is 0 Å². The molecule has 0 amide bonds. The highest BCUT2D eigenvalue weighted by molar-refractivity contribution is 7.89. The van der Waals surface area contributed by atoms with E-state index in [1.54, 1.807) is 19.3 Å². The van der Waals surface area contributed by atoms with Gasteiger partial charge in [-0.1, -0.05) is 0 Å². The van der Waals surface area contributed by atoms with Crippen LogP contribution in [0.2, 0.25) is 0 Å². The molecule has 0 bridgehead atoms. The first-order valence-electron chi connectivity index (χ1n) is 4.90. The highest BCUT2D eigenvalue weighted by atomic mass is 32.2. The lowest BCUT2D eigenvalue weighted by Crippen LogP contribution is -2.18. The molecule has 18 heavy (non-hydrogen) atoms. The molecule has 9 heteroatoms. The van der Waals surface area contributed by atoms with Crippen molar-refractivity contribution < 1.29 is 8.42 Å². The Morgan fingerprint density at radius 1 is 1.28 bits per heavy atom. The molecular weight excluding hydrogens is 258 g/mol. The molecule has 8 nitrogen and oxygen atoms in total. The molecule has 0 aliphatic carbocycles. The molecule has 0 saturated carbocycles. The molecule has 0 spiro atoms. The first-order valence-corrected chi connectivity index (χ1v) is 6.44. The second-order valence-corrected chi connectivity index (χ2v) is 5.23. The average molecular weight is 269 g/mol. The zero-order chi connectivity index (χ0) is 13.5. The quantitative estimate of drug-likeness (QED) is 0.738. The van der Waals surface area contributed by atoms with Crippen molar-refractivity contribution in [3.8, 4) is 11.4 Å². The zero-order valence-electron chi connectivity index (χ0n) is 9.73. The third-order valence-corrected chi connectivity index (χ3v) is 3.32. The Morgan fingerprint density at radius 2 is 1.94 bits per heavy atom. The molecule has 0 fully saturated rings. The minimum absolute atomic E-state index is 0.229. The number of sulfonamides is 1. The summed E-state index contributed by atoms with van der Waals surface area (Å²) in [5.41, 5.74) is 0.246. The van der Waals surface area contributed by atoms with Gasteiger partial charge in [-0.3, -0.25) is 9.36 Å². The van der Waals surface area contributed by atoms with E-state index in [0.29, 0.717) is 5.56 Å². The van der Waals surface area contributed by atoms with Gasteiger partial charge in [0.05, 0.1) is 0 Å². The predicted molar refractivity (Wildman–Crippen MR) is 63.1 cm³/mol. The maximum atomic E-state index is 11.5. The molecule has 2 aromatic heterocycles. The number of nitrogens with two attached hydrogens (primary N) is 1. The summed E-state index contributed by atoms with van der Waals surface area (Å²) in [5, 5.41) is 11.9. The highest BCUT2D eigenvalue weighted by Crippen LogP contribution is 2.16. The van der Waals surface area contributed by atoms with E-state index in [1.807, 2.05) is 0 Å². The summed E-state index contributed by atoms with van der Waals surface area (Å²) >= 11 is 0. The van der Waals surface area contributed by atoms with E-state index in [0.717, 1.165) is 0 Å². The van der Waals surface area contributed by atoms with Crippen molar-refractivity contribution in [2.75, 3.05) is 0 Å². The topological polar surface area (TPSA) is 113 Å². The predicted octanol–water partition coefficient (Wildman–Crippen LogP) is -1.17. The lowest BCUT2D eigenvalue weighted by atomic mass is 10.2. The van der Waals surface area contributed by atoms with Gasteiger partial charge in [0, 0.05) is 31.9 Å². The van der Waals surface area contributed by atoms with Gasteiger partial charge in [0.1, 0.15) is 0 Å². The lowest BCUT2D eigenvalue weighted by molar-refractivity contribution is 0.580. The van der Waals surface area contributed by atoms with Crippen LogP contribution in [-0.4, -0.2) is 27.7 Å². The standard InChI is InChI=1S/C9H11N5O3S/c1-13-4-3-6(5-7(13)15)8-11-12-9(14(8)2)18(10,16)17/h3-5H,1-2H3,(H2,10,16,17). The molecule has 0 aliphatic rings. The molecule has 2 rings (SSSR count). The number of pyridine rings is 1. The Balaban J connectivity index is 2.63. The minimum Gasteiger partial charge on any atom is -0.319 e. The summed E-state index contributed by atoms with van der Waals surface area (Å²) in [6.07, 6.45) is 1.56. The third kappa shape index (κ3) is 2.05. The first-order chi connectivity index (χ1) is 8.30. The van der Waals surface area contributed by atoms with Crippen LogP contribution in [0.4, 0.5) is 0 Å². The van der Waals surface area contributed by atoms with Crippen LogP contribution in [-0.2, 0) is 24.1 Å². The van der Waals surface area contributed by atoms with E-state index in [2.05, 4.69) is 10.2 Å². The molecule has 0 saturated heterocycles. The molecule has 96 valence electrons. The van der Waals surface area contributed by atoms with Gasteiger partial charge in [-0.05, 0) is 6.07 Å². The first kappa shape index (κ1) is 12.5. The van der Waals surface area contributed by atoms with Crippen molar-refractivity contribution in [1.82, 2.24) is 19.3 Å².